The lowest BCUT2D eigenvalue weighted by Gasteiger charge is -2.43. The molecule has 33 heavy (non-hydrogen) atoms. The van der Waals surface area contributed by atoms with Crippen LogP contribution in [0.1, 0.15) is 50.8 Å². The Labute approximate surface area is 212 Å². The number of rotatable bonds is 5. The van der Waals surface area contributed by atoms with E-state index >= 15 is 0 Å². The number of fused-ring (bicyclic) bond motifs is 1. The van der Waals surface area contributed by atoms with Crippen LogP contribution in [0.2, 0.25) is 5.02 Å². The average Bonchev–Trinajstić information content (AvgIpc) is 3.00. The Morgan fingerprint density at radius 2 is 1.85 bits per heavy atom. The number of amides is 2. The Balaban J connectivity index is 1.66. The second-order valence-electron chi connectivity index (χ2n) is 8.92. The smallest absolute Gasteiger partial charge is 0.293 e. The topological polar surface area (TPSA) is 40.6 Å². The number of carbonyl (C=O) groups excluding carboxylic acids is 2. The zero-order valence-electron chi connectivity index (χ0n) is 19.1. The molecule has 172 valence electrons. The molecule has 1 fully saturated rings. The zero-order chi connectivity index (χ0) is 23.9. The first kappa shape index (κ1) is 24.1. The van der Waals surface area contributed by atoms with Crippen molar-refractivity contribution < 1.29 is 9.59 Å². The summed E-state index contributed by atoms with van der Waals surface area (Å²) in [7, 11) is 0. The maximum Gasteiger partial charge on any atom is 0.293 e. The van der Waals surface area contributed by atoms with E-state index < -0.39 is 0 Å². The van der Waals surface area contributed by atoms with Crippen molar-refractivity contribution in [3.63, 3.8) is 0 Å². The molecular weight excluding hydrogens is 520 g/mol. The summed E-state index contributed by atoms with van der Waals surface area (Å²) in [5.74, 6) is -0.289. The maximum absolute atomic E-state index is 13.0. The summed E-state index contributed by atoms with van der Waals surface area (Å²) >= 11 is 11.1. The first-order chi connectivity index (χ1) is 15.6. The van der Waals surface area contributed by atoms with Gasteiger partial charge < -0.3 is 4.90 Å². The molecule has 0 radical (unpaired) electrons. The summed E-state index contributed by atoms with van der Waals surface area (Å²) in [5.41, 5.74) is 4.92. The van der Waals surface area contributed by atoms with Gasteiger partial charge in [-0.3, -0.25) is 14.5 Å². The van der Waals surface area contributed by atoms with Crippen LogP contribution in [0.5, 0.6) is 0 Å². The standard InChI is InChI=1S/C26H26BrClN2O2S/c1-5-10-30-22-13-21(28)18(11-20(22)16(2)14-26(30,3)4)12-23-24(31)29(25(32)33-23)15-17-6-8-19(27)9-7-17/h6-9,11-14H,5,10,15H2,1-4H3/b23-12+. The Morgan fingerprint density at radius 3 is 2.52 bits per heavy atom. The molecule has 2 aliphatic heterocycles. The molecule has 2 aliphatic rings. The first-order valence-corrected chi connectivity index (χ1v) is 12.9. The molecule has 0 aromatic heterocycles. The van der Waals surface area contributed by atoms with Crippen LogP contribution in [0.15, 0.2) is 51.9 Å². The fourth-order valence-corrected chi connectivity index (χ4v) is 5.71. The number of anilines is 1. The van der Waals surface area contributed by atoms with Gasteiger partial charge in [0.2, 0.25) is 0 Å². The number of hydrogen-bond acceptors (Lipinski definition) is 4. The average molecular weight is 546 g/mol. The maximum atomic E-state index is 13.0. The lowest BCUT2D eigenvalue weighted by atomic mass is 9.87. The van der Waals surface area contributed by atoms with Crippen LogP contribution < -0.4 is 4.90 Å². The van der Waals surface area contributed by atoms with Crippen LogP contribution in [0.3, 0.4) is 0 Å². The van der Waals surface area contributed by atoms with Gasteiger partial charge in [-0.1, -0.05) is 52.7 Å². The number of carbonyl (C=O) groups is 2. The van der Waals surface area contributed by atoms with E-state index in [-0.39, 0.29) is 23.2 Å². The highest BCUT2D eigenvalue weighted by Crippen LogP contribution is 2.43. The van der Waals surface area contributed by atoms with Crippen LogP contribution in [-0.4, -0.2) is 28.1 Å². The Bertz CT molecular complexity index is 1190. The SMILES string of the molecule is CCCN1c2cc(Cl)c(/C=C3/SC(=O)N(Cc4ccc(Br)cc4)C3=O)cc2C(C)=CC1(C)C. The minimum Gasteiger partial charge on any atom is -0.362 e. The largest absolute Gasteiger partial charge is 0.362 e. The molecule has 1 saturated heterocycles. The number of thioether (sulfide) groups is 1. The minimum atomic E-state index is -0.289. The van der Waals surface area contributed by atoms with Gasteiger partial charge in [0.15, 0.2) is 0 Å². The lowest BCUT2D eigenvalue weighted by Crippen LogP contribution is -2.45. The van der Waals surface area contributed by atoms with Crippen molar-refractivity contribution in [3.8, 4) is 0 Å². The van der Waals surface area contributed by atoms with E-state index in [2.05, 4.69) is 54.6 Å². The van der Waals surface area contributed by atoms with Crippen molar-refractivity contribution in [2.75, 3.05) is 11.4 Å². The fourth-order valence-electron chi connectivity index (χ4n) is 4.41. The molecule has 2 heterocycles. The number of hydrogen-bond donors (Lipinski definition) is 0. The molecule has 0 N–H and O–H groups in total. The van der Waals surface area contributed by atoms with Crippen molar-refractivity contribution >= 4 is 67.8 Å². The molecule has 2 amide bonds. The van der Waals surface area contributed by atoms with E-state index in [9.17, 15) is 9.59 Å². The van der Waals surface area contributed by atoms with Crippen molar-refractivity contribution in [3.05, 3.63) is 73.6 Å². The van der Waals surface area contributed by atoms with Gasteiger partial charge in [0, 0.05) is 27.3 Å². The van der Waals surface area contributed by atoms with E-state index in [1.54, 1.807) is 6.08 Å². The van der Waals surface area contributed by atoms with Crippen LogP contribution in [0.25, 0.3) is 11.6 Å². The summed E-state index contributed by atoms with van der Waals surface area (Å²) in [6.45, 7) is 9.86. The van der Waals surface area contributed by atoms with E-state index in [1.165, 1.54) is 10.5 Å². The van der Waals surface area contributed by atoms with Gasteiger partial charge in [0.05, 0.1) is 17.0 Å². The zero-order valence-corrected chi connectivity index (χ0v) is 22.3. The summed E-state index contributed by atoms with van der Waals surface area (Å²) < 4.78 is 0.951. The van der Waals surface area contributed by atoms with Crippen molar-refractivity contribution in [2.24, 2.45) is 0 Å². The lowest BCUT2D eigenvalue weighted by molar-refractivity contribution is -0.123. The number of nitrogens with zero attached hydrogens (tertiary/aromatic N) is 2. The minimum absolute atomic E-state index is 0.104. The second kappa shape index (κ2) is 9.32. The summed E-state index contributed by atoms with van der Waals surface area (Å²) in [5, 5.41) is 0.301. The predicted molar refractivity (Wildman–Crippen MR) is 142 cm³/mol. The van der Waals surface area contributed by atoms with Gasteiger partial charge in [0.1, 0.15) is 0 Å². The molecule has 0 spiro atoms. The molecule has 4 rings (SSSR count). The van der Waals surface area contributed by atoms with Crippen molar-refractivity contribution in [1.82, 2.24) is 4.90 Å². The monoisotopic (exact) mass is 544 g/mol. The molecule has 4 nitrogen and oxygen atoms in total. The van der Waals surface area contributed by atoms with Gasteiger partial charge in [-0.05, 0) is 86.0 Å². The normalized spacial score (nSPS) is 18.7. The highest BCUT2D eigenvalue weighted by atomic mass is 79.9. The van der Waals surface area contributed by atoms with Gasteiger partial charge in [-0.25, -0.2) is 0 Å². The molecule has 0 aliphatic carbocycles. The molecule has 2 aromatic carbocycles. The van der Waals surface area contributed by atoms with Crippen LogP contribution in [0, 0.1) is 0 Å². The molecular formula is C26H26BrClN2O2S. The molecule has 7 heteroatoms. The highest BCUT2D eigenvalue weighted by Gasteiger charge is 2.36. The van der Waals surface area contributed by atoms with E-state index in [1.807, 2.05) is 36.4 Å². The van der Waals surface area contributed by atoms with Gasteiger partial charge in [0.25, 0.3) is 11.1 Å². The Morgan fingerprint density at radius 1 is 1.15 bits per heavy atom. The van der Waals surface area contributed by atoms with Crippen molar-refractivity contribution in [2.45, 2.75) is 46.2 Å². The molecule has 0 unspecified atom stereocenters. The van der Waals surface area contributed by atoms with E-state index in [0.29, 0.717) is 9.93 Å². The Kier molecular flexibility index (Phi) is 6.81. The summed E-state index contributed by atoms with van der Waals surface area (Å²) in [4.78, 5) is 29.6. The summed E-state index contributed by atoms with van der Waals surface area (Å²) in [6, 6.07) is 11.6. The van der Waals surface area contributed by atoms with Gasteiger partial charge >= 0.3 is 0 Å². The number of imide groups is 1. The van der Waals surface area contributed by atoms with Crippen LogP contribution in [0.4, 0.5) is 10.5 Å². The number of benzene rings is 2. The van der Waals surface area contributed by atoms with Gasteiger partial charge in [-0.2, -0.15) is 0 Å². The van der Waals surface area contributed by atoms with Crippen LogP contribution in [-0.2, 0) is 11.3 Å². The number of allylic oxidation sites excluding steroid dienone is 1. The summed E-state index contributed by atoms with van der Waals surface area (Å²) in [6.07, 6.45) is 5.04. The molecule has 2 aromatic rings. The third-order valence-corrected chi connectivity index (χ3v) is 7.72. The highest BCUT2D eigenvalue weighted by molar-refractivity contribution is 9.10. The third kappa shape index (κ3) is 4.79. The fraction of sp³-hybridized carbons (Fsp3) is 0.308. The van der Waals surface area contributed by atoms with E-state index in [4.69, 9.17) is 11.6 Å². The van der Waals surface area contributed by atoms with Crippen molar-refractivity contribution in [1.29, 1.82) is 0 Å². The second-order valence-corrected chi connectivity index (χ2v) is 11.2. The third-order valence-electron chi connectivity index (χ3n) is 5.96. The van der Waals surface area contributed by atoms with Crippen LogP contribution >= 0.6 is 39.3 Å². The predicted octanol–water partition coefficient (Wildman–Crippen LogP) is 7.75. The van der Waals surface area contributed by atoms with E-state index in [0.717, 1.165) is 51.6 Å². The molecule has 0 saturated carbocycles. The Hall–Kier alpha value is -2.02. The quantitative estimate of drug-likeness (QED) is 0.360. The number of halogens is 2. The first-order valence-electron chi connectivity index (χ1n) is 10.9. The molecule has 0 atom stereocenters. The molecule has 0 bridgehead atoms. The van der Waals surface area contributed by atoms with Gasteiger partial charge in [-0.15, -0.1) is 0 Å².